The molecule has 0 bridgehead atoms. The molecule has 1 heterocycles. The molecule has 2 N–H and O–H groups in total. The number of aromatic nitrogens is 1. The Balaban J connectivity index is 3.10. The number of hydrogen-bond donors (Lipinski definition) is 1. The molecule has 0 aliphatic rings. The molecule has 0 amide bonds. The molecule has 0 aromatic carbocycles. The van der Waals surface area contributed by atoms with E-state index in [1.807, 2.05) is 22.6 Å². The number of methoxy groups -OCH3 is 1. The van der Waals surface area contributed by atoms with Crippen molar-refractivity contribution in [3.8, 4) is 11.6 Å². The fourth-order valence-electron chi connectivity index (χ4n) is 1.05. The van der Waals surface area contributed by atoms with Gasteiger partial charge in [0.15, 0.2) is 5.75 Å². The first-order chi connectivity index (χ1) is 7.37. The van der Waals surface area contributed by atoms with Crippen molar-refractivity contribution in [1.29, 1.82) is 0 Å². The summed E-state index contributed by atoms with van der Waals surface area (Å²) in [6.45, 7) is -0.0335. The molecule has 0 saturated carbocycles. The molecule has 0 aliphatic carbocycles. The Hall–Kier alpha value is -0.770. The van der Waals surface area contributed by atoms with Crippen molar-refractivity contribution in [3.05, 3.63) is 15.3 Å². The average Bonchev–Trinajstić information content (AvgIpc) is 2.14. The van der Waals surface area contributed by atoms with Gasteiger partial charge < -0.3 is 15.2 Å². The first-order valence-corrected chi connectivity index (χ1v) is 5.14. The van der Waals surface area contributed by atoms with E-state index in [0.717, 1.165) is 6.07 Å². The maximum atomic E-state index is 12.0. The van der Waals surface area contributed by atoms with Crippen LogP contribution in [0.15, 0.2) is 6.07 Å². The minimum atomic E-state index is -4.77. The predicted molar refractivity (Wildman–Crippen MR) is 58.1 cm³/mol. The van der Waals surface area contributed by atoms with E-state index in [9.17, 15) is 13.2 Å². The molecule has 16 heavy (non-hydrogen) atoms. The van der Waals surface area contributed by atoms with Crippen molar-refractivity contribution in [2.24, 2.45) is 5.73 Å². The van der Waals surface area contributed by atoms with Gasteiger partial charge in [0.2, 0.25) is 5.88 Å². The van der Waals surface area contributed by atoms with Gasteiger partial charge in [-0.05, 0) is 22.6 Å². The van der Waals surface area contributed by atoms with Crippen LogP contribution in [0.25, 0.3) is 0 Å². The summed E-state index contributed by atoms with van der Waals surface area (Å²) in [6, 6.07) is 1.13. The Morgan fingerprint density at radius 3 is 2.56 bits per heavy atom. The van der Waals surface area contributed by atoms with Gasteiger partial charge in [0.1, 0.15) is 5.69 Å². The highest BCUT2D eigenvalue weighted by Gasteiger charge is 2.32. The Morgan fingerprint density at radius 1 is 1.50 bits per heavy atom. The van der Waals surface area contributed by atoms with Gasteiger partial charge in [-0.3, -0.25) is 0 Å². The molecule has 0 fully saturated rings. The summed E-state index contributed by atoms with van der Waals surface area (Å²) in [5.74, 6) is -0.184. The molecule has 8 heteroatoms. The molecule has 0 radical (unpaired) electrons. The first-order valence-electron chi connectivity index (χ1n) is 4.06. The van der Waals surface area contributed by atoms with E-state index < -0.39 is 12.2 Å². The van der Waals surface area contributed by atoms with Crippen LogP contribution in [0.2, 0.25) is 0 Å². The number of nitrogens with zero attached hydrogens (tertiary/aromatic N) is 1. The second-order valence-electron chi connectivity index (χ2n) is 2.67. The number of halogens is 4. The molecule has 0 unspecified atom stereocenters. The van der Waals surface area contributed by atoms with Gasteiger partial charge in [0.25, 0.3) is 0 Å². The van der Waals surface area contributed by atoms with E-state index >= 15 is 0 Å². The van der Waals surface area contributed by atoms with Crippen LogP contribution >= 0.6 is 22.6 Å². The maximum absolute atomic E-state index is 12.0. The lowest BCUT2D eigenvalue weighted by Gasteiger charge is -2.12. The lowest BCUT2D eigenvalue weighted by Crippen LogP contribution is -2.19. The van der Waals surface area contributed by atoms with E-state index in [4.69, 9.17) is 10.5 Å². The number of alkyl halides is 3. The standard InChI is InChI=1S/C8H8F3IN2O2/c1-15-7-4(12)2-6(14-5(7)3-13)16-8(9,10)11/h2H,3,13H2,1H3. The largest absolute Gasteiger partial charge is 0.574 e. The summed E-state index contributed by atoms with van der Waals surface area (Å²) in [5, 5.41) is 0. The van der Waals surface area contributed by atoms with Crippen LogP contribution in [-0.2, 0) is 6.54 Å². The quantitative estimate of drug-likeness (QED) is 0.850. The lowest BCUT2D eigenvalue weighted by molar-refractivity contribution is -0.276. The number of rotatable bonds is 3. The summed E-state index contributed by atoms with van der Waals surface area (Å²) in [4.78, 5) is 3.61. The highest BCUT2D eigenvalue weighted by atomic mass is 127. The van der Waals surface area contributed by atoms with Crippen molar-refractivity contribution in [2.45, 2.75) is 12.9 Å². The number of pyridine rings is 1. The van der Waals surface area contributed by atoms with E-state index in [-0.39, 0.29) is 12.2 Å². The van der Waals surface area contributed by atoms with Crippen LogP contribution in [0.4, 0.5) is 13.2 Å². The number of nitrogens with two attached hydrogens (primary N) is 1. The minimum absolute atomic E-state index is 0.0335. The van der Waals surface area contributed by atoms with Gasteiger partial charge in [-0.25, -0.2) is 4.98 Å². The SMILES string of the molecule is COc1c(I)cc(OC(F)(F)F)nc1CN. The Morgan fingerprint density at radius 2 is 2.12 bits per heavy atom. The summed E-state index contributed by atoms with van der Waals surface area (Å²) < 4.78 is 45.0. The fraction of sp³-hybridized carbons (Fsp3) is 0.375. The van der Waals surface area contributed by atoms with Gasteiger partial charge in [0.05, 0.1) is 10.7 Å². The topological polar surface area (TPSA) is 57.4 Å². The second kappa shape index (κ2) is 5.04. The van der Waals surface area contributed by atoms with Gasteiger partial charge in [0, 0.05) is 12.6 Å². The molecule has 0 spiro atoms. The molecule has 90 valence electrons. The maximum Gasteiger partial charge on any atom is 0.574 e. The van der Waals surface area contributed by atoms with Crippen molar-refractivity contribution >= 4 is 22.6 Å². The monoisotopic (exact) mass is 348 g/mol. The van der Waals surface area contributed by atoms with E-state index in [1.54, 1.807) is 0 Å². The summed E-state index contributed by atoms with van der Waals surface area (Å²) in [6.07, 6.45) is -4.77. The lowest BCUT2D eigenvalue weighted by atomic mass is 10.3. The Bertz CT molecular complexity index is 384. The van der Waals surface area contributed by atoms with Crippen molar-refractivity contribution < 1.29 is 22.6 Å². The van der Waals surface area contributed by atoms with Crippen LogP contribution in [-0.4, -0.2) is 18.5 Å². The summed E-state index contributed by atoms with van der Waals surface area (Å²) in [5.41, 5.74) is 5.56. The molecule has 0 saturated heterocycles. The smallest absolute Gasteiger partial charge is 0.494 e. The van der Waals surface area contributed by atoms with Gasteiger partial charge in [-0.15, -0.1) is 13.2 Å². The van der Waals surface area contributed by atoms with Crippen molar-refractivity contribution in [3.63, 3.8) is 0 Å². The van der Waals surface area contributed by atoms with Crippen LogP contribution < -0.4 is 15.2 Å². The zero-order valence-electron chi connectivity index (χ0n) is 8.14. The van der Waals surface area contributed by atoms with E-state index in [1.165, 1.54) is 7.11 Å². The number of hydrogen-bond acceptors (Lipinski definition) is 4. The molecule has 1 aromatic heterocycles. The molecule has 0 aliphatic heterocycles. The highest BCUT2D eigenvalue weighted by molar-refractivity contribution is 14.1. The molecule has 0 atom stereocenters. The van der Waals surface area contributed by atoms with Crippen LogP contribution in [0, 0.1) is 3.57 Å². The van der Waals surface area contributed by atoms with Gasteiger partial charge >= 0.3 is 6.36 Å². The molecular formula is C8H8F3IN2O2. The first kappa shape index (κ1) is 13.3. The fourth-order valence-corrected chi connectivity index (χ4v) is 1.85. The summed E-state index contributed by atoms with van der Waals surface area (Å²) in [7, 11) is 1.39. The van der Waals surface area contributed by atoms with Gasteiger partial charge in [-0.2, -0.15) is 0 Å². The zero-order valence-corrected chi connectivity index (χ0v) is 10.3. The summed E-state index contributed by atoms with van der Waals surface area (Å²) >= 11 is 1.82. The van der Waals surface area contributed by atoms with Gasteiger partial charge in [-0.1, -0.05) is 0 Å². The molecule has 1 aromatic rings. The van der Waals surface area contributed by atoms with Crippen LogP contribution in [0.1, 0.15) is 5.69 Å². The molecular weight excluding hydrogens is 340 g/mol. The second-order valence-corrected chi connectivity index (χ2v) is 3.84. The molecule has 4 nitrogen and oxygen atoms in total. The predicted octanol–water partition coefficient (Wildman–Crippen LogP) is 2.05. The Kier molecular flexibility index (Phi) is 4.19. The third-order valence-corrected chi connectivity index (χ3v) is 2.39. The van der Waals surface area contributed by atoms with E-state index in [0.29, 0.717) is 9.32 Å². The third kappa shape index (κ3) is 3.37. The van der Waals surface area contributed by atoms with Crippen molar-refractivity contribution in [2.75, 3.05) is 7.11 Å². The third-order valence-electron chi connectivity index (χ3n) is 1.59. The van der Waals surface area contributed by atoms with E-state index in [2.05, 4.69) is 9.72 Å². The van der Waals surface area contributed by atoms with Crippen LogP contribution in [0.5, 0.6) is 11.6 Å². The minimum Gasteiger partial charge on any atom is -0.494 e. The normalized spacial score (nSPS) is 11.4. The van der Waals surface area contributed by atoms with Crippen LogP contribution in [0.3, 0.4) is 0 Å². The zero-order chi connectivity index (χ0) is 12.3. The average molecular weight is 348 g/mol. The Labute approximate surface area is 103 Å². The number of ether oxygens (including phenoxy) is 2. The van der Waals surface area contributed by atoms with Crippen molar-refractivity contribution in [1.82, 2.24) is 4.98 Å². The highest BCUT2D eigenvalue weighted by Crippen LogP contribution is 2.30. The molecule has 1 rings (SSSR count).